The van der Waals surface area contributed by atoms with Crippen LogP contribution in [0.4, 0.5) is 0 Å². The maximum atomic E-state index is 13.0. The van der Waals surface area contributed by atoms with E-state index in [4.69, 9.17) is 11.6 Å². The number of carbonyl (C=O) groups is 2. The van der Waals surface area contributed by atoms with E-state index in [-0.39, 0.29) is 17.0 Å². The van der Waals surface area contributed by atoms with Crippen molar-refractivity contribution in [2.75, 3.05) is 0 Å². The lowest BCUT2D eigenvalue weighted by Crippen LogP contribution is -2.51. The standard InChI is InChI=1S/C19H21ClO2/c1-11-2-3-15(16(20)4-11)17(21)18(22)19-8-12-5-13(9-19)7-14(6-12)10-19/h2-4,12-14H,5-10H2,1H3. The molecule has 0 heterocycles. The first kappa shape index (κ1) is 14.4. The molecule has 0 aliphatic heterocycles. The van der Waals surface area contributed by atoms with Gasteiger partial charge in [0, 0.05) is 11.0 Å². The first-order chi connectivity index (χ1) is 10.5. The summed E-state index contributed by atoms with van der Waals surface area (Å²) >= 11 is 6.20. The van der Waals surface area contributed by atoms with E-state index in [9.17, 15) is 9.59 Å². The Balaban J connectivity index is 1.65. The topological polar surface area (TPSA) is 34.1 Å². The Kier molecular flexibility index (Phi) is 3.23. The quantitative estimate of drug-likeness (QED) is 0.602. The van der Waals surface area contributed by atoms with Crippen molar-refractivity contribution in [1.82, 2.24) is 0 Å². The SMILES string of the molecule is Cc1ccc(C(=O)C(=O)C23CC4CC(CC(C4)C2)C3)c(Cl)c1. The van der Waals surface area contributed by atoms with E-state index in [0.29, 0.717) is 28.3 Å². The highest BCUT2D eigenvalue weighted by Crippen LogP contribution is 2.60. The summed E-state index contributed by atoms with van der Waals surface area (Å²) in [4.78, 5) is 25.8. The molecule has 4 fully saturated rings. The van der Waals surface area contributed by atoms with Gasteiger partial charge in [-0.2, -0.15) is 0 Å². The molecule has 0 saturated heterocycles. The minimum Gasteiger partial charge on any atom is -0.290 e. The second kappa shape index (κ2) is 4.92. The largest absolute Gasteiger partial charge is 0.290 e. The zero-order valence-corrected chi connectivity index (χ0v) is 13.7. The summed E-state index contributed by atoms with van der Waals surface area (Å²) < 4.78 is 0. The van der Waals surface area contributed by atoms with Crippen LogP contribution in [0.15, 0.2) is 18.2 Å². The molecule has 3 heteroatoms. The van der Waals surface area contributed by atoms with Gasteiger partial charge in [-0.15, -0.1) is 0 Å². The molecule has 0 radical (unpaired) electrons. The molecule has 5 rings (SSSR count). The molecular weight excluding hydrogens is 296 g/mol. The van der Waals surface area contributed by atoms with Crippen LogP contribution in [-0.2, 0) is 4.79 Å². The molecule has 0 amide bonds. The highest BCUT2D eigenvalue weighted by molar-refractivity contribution is 6.48. The summed E-state index contributed by atoms with van der Waals surface area (Å²) in [5.74, 6) is 1.45. The maximum Gasteiger partial charge on any atom is 0.230 e. The Bertz CT molecular complexity index is 626. The average Bonchev–Trinajstić information content (AvgIpc) is 2.44. The number of rotatable bonds is 3. The number of benzene rings is 1. The van der Waals surface area contributed by atoms with Gasteiger partial charge >= 0.3 is 0 Å². The van der Waals surface area contributed by atoms with Crippen molar-refractivity contribution in [3.05, 3.63) is 34.3 Å². The Morgan fingerprint density at radius 2 is 1.59 bits per heavy atom. The third-order valence-corrected chi connectivity index (χ3v) is 6.41. The monoisotopic (exact) mass is 316 g/mol. The molecule has 0 spiro atoms. The van der Waals surface area contributed by atoms with E-state index < -0.39 is 0 Å². The van der Waals surface area contributed by atoms with Gasteiger partial charge in [0.2, 0.25) is 11.6 Å². The molecule has 4 aliphatic carbocycles. The molecule has 0 atom stereocenters. The molecule has 0 unspecified atom stereocenters. The second-order valence-electron chi connectivity index (χ2n) is 7.84. The van der Waals surface area contributed by atoms with Crippen LogP contribution in [0.5, 0.6) is 0 Å². The van der Waals surface area contributed by atoms with Gasteiger partial charge in [0.15, 0.2) is 0 Å². The highest BCUT2D eigenvalue weighted by atomic mass is 35.5. The first-order valence-electron chi connectivity index (χ1n) is 8.32. The number of halogens is 1. The van der Waals surface area contributed by atoms with Crippen LogP contribution in [-0.4, -0.2) is 11.6 Å². The Morgan fingerprint density at radius 1 is 1.05 bits per heavy atom. The molecule has 0 aromatic heterocycles. The first-order valence-corrected chi connectivity index (χ1v) is 8.70. The minimum atomic E-state index is -0.375. The highest BCUT2D eigenvalue weighted by Gasteiger charge is 2.55. The lowest BCUT2D eigenvalue weighted by atomic mass is 9.48. The normalized spacial score (nSPS) is 35.6. The van der Waals surface area contributed by atoms with E-state index in [0.717, 1.165) is 24.8 Å². The fourth-order valence-corrected chi connectivity index (χ4v) is 5.88. The van der Waals surface area contributed by atoms with Crippen LogP contribution < -0.4 is 0 Å². The summed E-state index contributed by atoms with van der Waals surface area (Å²) in [6, 6.07) is 5.33. The van der Waals surface area contributed by atoms with Gasteiger partial charge in [0.25, 0.3) is 0 Å². The summed E-state index contributed by atoms with van der Waals surface area (Å²) in [5, 5.41) is 0.406. The van der Waals surface area contributed by atoms with Gasteiger partial charge in [0.05, 0.1) is 5.02 Å². The van der Waals surface area contributed by atoms with E-state index in [1.54, 1.807) is 12.1 Å². The summed E-state index contributed by atoms with van der Waals surface area (Å²) in [5.41, 5.74) is 1.01. The summed E-state index contributed by atoms with van der Waals surface area (Å²) in [6.45, 7) is 1.93. The van der Waals surface area contributed by atoms with Crippen molar-refractivity contribution in [2.45, 2.75) is 45.4 Å². The van der Waals surface area contributed by atoms with Crippen molar-refractivity contribution in [1.29, 1.82) is 0 Å². The van der Waals surface area contributed by atoms with Crippen LogP contribution in [0, 0.1) is 30.1 Å². The van der Waals surface area contributed by atoms with Crippen LogP contribution >= 0.6 is 11.6 Å². The third kappa shape index (κ3) is 2.15. The van der Waals surface area contributed by atoms with Gasteiger partial charge in [0.1, 0.15) is 0 Å². The van der Waals surface area contributed by atoms with Crippen molar-refractivity contribution in [3.63, 3.8) is 0 Å². The van der Waals surface area contributed by atoms with Crippen molar-refractivity contribution in [3.8, 4) is 0 Å². The van der Waals surface area contributed by atoms with Crippen LogP contribution in [0.3, 0.4) is 0 Å². The molecule has 0 N–H and O–H groups in total. The molecule has 4 saturated carbocycles. The van der Waals surface area contributed by atoms with Crippen LogP contribution in [0.1, 0.15) is 54.4 Å². The Hall–Kier alpha value is -1.15. The smallest absolute Gasteiger partial charge is 0.230 e. The second-order valence-corrected chi connectivity index (χ2v) is 8.25. The predicted octanol–water partition coefficient (Wildman–Crippen LogP) is 4.62. The van der Waals surface area contributed by atoms with Crippen molar-refractivity contribution in [2.24, 2.45) is 23.2 Å². The minimum absolute atomic E-state index is 0.169. The zero-order valence-electron chi connectivity index (χ0n) is 12.9. The zero-order chi connectivity index (χ0) is 15.5. The van der Waals surface area contributed by atoms with Gasteiger partial charge < -0.3 is 0 Å². The van der Waals surface area contributed by atoms with E-state index in [1.165, 1.54) is 19.3 Å². The fraction of sp³-hybridized carbons (Fsp3) is 0.579. The van der Waals surface area contributed by atoms with Crippen LogP contribution in [0.25, 0.3) is 0 Å². The molecule has 1 aromatic carbocycles. The molecule has 22 heavy (non-hydrogen) atoms. The number of hydrogen-bond acceptors (Lipinski definition) is 2. The third-order valence-electron chi connectivity index (χ3n) is 6.10. The summed E-state index contributed by atoms with van der Waals surface area (Å²) in [7, 11) is 0. The van der Waals surface area contributed by atoms with E-state index in [2.05, 4.69) is 0 Å². The Morgan fingerprint density at radius 3 is 2.09 bits per heavy atom. The molecule has 1 aromatic rings. The van der Waals surface area contributed by atoms with E-state index >= 15 is 0 Å². The molecule has 4 bridgehead atoms. The van der Waals surface area contributed by atoms with Crippen molar-refractivity contribution < 1.29 is 9.59 Å². The lowest BCUT2D eigenvalue weighted by Gasteiger charge is -2.55. The predicted molar refractivity (Wildman–Crippen MR) is 86.1 cm³/mol. The van der Waals surface area contributed by atoms with Gasteiger partial charge in [-0.3, -0.25) is 9.59 Å². The number of aryl methyl sites for hydroxylation is 1. The number of ketones is 2. The van der Waals surface area contributed by atoms with Crippen LogP contribution in [0.2, 0.25) is 5.02 Å². The number of carbonyl (C=O) groups excluding carboxylic acids is 2. The molecular formula is C19H21ClO2. The van der Waals surface area contributed by atoms with Crippen molar-refractivity contribution >= 4 is 23.2 Å². The van der Waals surface area contributed by atoms with Gasteiger partial charge in [-0.25, -0.2) is 0 Å². The molecule has 2 nitrogen and oxygen atoms in total. The molecule has 116 valence electrons. The van der Waals surface area contributed by atoms with E-state index in [1.807, 2.05) is 13.0 Å². The maximum absolute atomic E-state index is 13.0. The van der Waals surface area contributed by atoms with Gasteiger partial charge in [-0.1, -0.05) is 17.7 Å². The number of Topliss-reactive ketones (excluding diaryl/α,β-unsaturated/α-hetero) is 2. The average molecular weight is 317 g/mol. The molecule has 4 aliphatic rings. The summed E-state index contributed by atoms with van der Waals surface area (Å²) in [6.07, 6.45) is 6.58. The van der Waals surface area contributed by atoms with Gasteiger partial charge in [-0.05, 0) is 80.9 Å². The Labute approximate surface area is 136 Å². The lowest BCUT2D eigenvalue weighted by molar-refractivity contribution is -0.138. The number of hydrogen-bond donors (Lipinski definition) is 0. The fourth-order valence-electron chi connectivity index (χ4n) is 5.56.